The second kappa shape index (κ2) is 13.9. The third-order valence-electron chi connectivity index (χ3n) is 5.27. The number of hydroxylamine groups is 1. The molecule has 9 heteroatoms. The number of hydrogen-bond donors (Lipinski definition) is 3. The number of benzene rings is 1. The molecule has 33 heavy (non-hydrogen) atoms. The summed E-state index contributed by atoms with van der Waals surface area (Å²) in [4.78, 5) is 27.8. The van der Waals surface area contributed by atoms with Crippen LogP contribution in [0, 0.1) is 0 Å². The highest BCUT2D eigenvalue weighted by Gasteiger charge is 2.32. The molecule has 3 unspecified atom stereocenters. The summed E-state index contributed by atoms with van der Waals surface area (Å²) in [5, 5.41) is 12.3. The molecule has 3 rings (SSSR count). The van der Waals surface area contributed by atoms with Crippen molar-refractivity contribution in [3.63, 3.8) is 0 Å². The van der Waals surface area contributed by atoms with Crippen molar-refractivity contribution in [2.24, 2.45) is 0 Å². The first-order valence-electron chi connectivity index (χ1n) is 11.3. The molecule has 1 aromatic carbocycles. The molecule has 2 amide bonds. The number of carbonyl (C=O) groups excluding carboxylic acids is 2. The number of pyridine rings is 1. The monoisotopic (exact) mass is 473 g/mol. The summed E-state index contributed by atoms with van der Waals surface area (Å²) in [6, 6.07) is 15.8. The molecule has 178 valence electrons. The average Bonchev–Trinajstić information content (AvgIpc) is 2.85. The highest BCUT2D eigenvalue weighted by Crippen LogP contribution is 2.32. The second-order valence-corrected chi connectivity index (χ2v) is 8.90. The van der Waals surface area contributed by atoms with Gasteiger partial charge in [0.15, 0.2) is 0 Å². The van der Waals surface area contributed by atoms with Gasteiger partial charge in [0, 0.05) is 31.2 Å². The maximum atomic E-state index is 12.4. The normalized spacial score (nSPS) is 20.2. The van der Waals surface area contributed by atoms with E-state index in [0.29, 0.717) is 31.4 Å². The van der Waals surface area contributed by atoms with Crippen molar-refractivity contribution < 1.29 is 24.3 Å². The zero-order valence-corrected chi connectivity index (χ0v) is 19.3. The minimum atomic E-state index is -0.806. The molecule has 1 fully saturated rings. The van der Waals surface area contributed by atoms with Crippen molar-refractivity contribution in [1.29, 1.82) is 0 Å². The second-order valence-electron chi connectivity index (χ2n) is 7.86. The van der Waals surface area contributed by atoms with Gasteiger partial charge in [-0.05, 0) is 30.5 Å². The number of aromatic nitrogens is 1. The molecule has 1 aliphatic rings. The quantitative estimate of drug-likeness (QED) is 0.185. The third-order valence-corrected chi connectivity index (χ3v) is 6.34. The van der Waals surface area contributed by atoms with Crippen molar-refractivity contribution >= 4 is 23.6 Å². The van der Waals surface area contributed by atoms with E-state index >= 15 is 0 Å². The van der Waals surface area contributed by atoms with Crippen LogP contribution in [0.2, 0.25) is 0 Å². The maximum Gasteiger partial charge on any atom is 0.243 e. The molecule has 0 saturated carbocycles. The Morgan fingerprint density at radius 3 is 2.39 bits per heavy atom. The van der Waals surface area contributed by atoms with E-state index in [9.17, 15) is 9.59 Å². The van der Waals surface area contributed by atoms with Gasteiger partial charge in [-0.25, -0.2) is 10.5 Å². The molecule has 2 aromatic rings. The van der Waals surface area contributed by atoms with Crippen LogP contribution < -0.4 is 10.8 Å². The van der Waals surface area contributed by atoms with E-state index in [2.05, 4.69) is 10.3 Å². The van der Waals surface area contributed by atoms with E-state index in [1.807, 2.05) is 48.5 Å². The van der Waals surface area contributed by atoms with Crippen LogP contribution in [-0.4, -0.2) is 40.3 Å². The summed E-state index contributed by atoms with van der Waals surface area (Å²) in [5.41, 5.74) is 2.68. The fraction of sp³-hybridized carbons (Fsp3) is 0.458. The van der Waals surface area contributed by atoms with Gasteiger partial charge in [-0.15, -0.1) is 11.8 Å². The number of unbranched alkanes of at least 4 members (excludes halogenated alkanes) is 3. The van der Waals surface area contributed by atoms with Gasteiger partial charge in [-0.3, -0.25) is 14.8 Å². The van der Waals surface area contributed by atoms with E-state index in [0.717, 1.165) is 23.4 Å². The molecule has 8 nitrogen and oxygen atoms in total. The lowest BCUT2D eigenvalue weighted by Crippen LogP contribution is -2.46. The molecule has 0 radical (unpaired) electrons. The summed E-state index contributed by atoms with van der Waals surface area (Å²) in [6.45, 7) is 0. The molecule has 2 heterocycles. The Morgan fingerprint density at radius 2 is 1.70 bits per heavy atom. The molecule has 1 saturated heterocycles. The van der Waals surface area contributed by atoms with Crippen LogP contribution in [0.3, 0.4) is 0 Å². The summed E-state index contributed by atoms with van der Waals surface area (Å²) in [5.74, 6) is 0.193. The van der Waals surface area contributed by atoms with Crippen molar-refractivity contribution in [2.75, 3.05) is 5.75 Å². The molecule has 1 aliphatic heterocycles. The van der Waals surface area contributed by atoms with Crippen molar-refractivity contribution in [3.05, 3.63) is 60.3 Å². The van der Waals surface area contributed by atoms with Gasteiger partial charge >= 0.3 is 0 Å². The number of amides is 2. The van der Waals surface area contributed by atoms with Crippen LogP contribution in [-0.2, 0) is 19.1 Å². The Balaban J connectivity index is 1.47. The standard InChI is InChI=1S/C24H31N3O5S/c28-21(12-6-1-2-7-13-22(29)27-30)26-24-31-19(17-33-23-14-8-9-15-25-23)16-20(32-24)18-10-4-3-5-11-18/h3-5,8-11,14-15,19-20,24,30H,1-2,6-7,12-13,16-17H2,(H,26,28)(H,27,29). The zero-order valence-electron chi connectivity index (χ0n) is 18.5. The number of thioether (sulfide) groups is 1. The summed E-state index contributed by atoms with van der Waals surface area (Å²) < 4.78 is 12.1. The molecule has 0 aliphatic carbocycles. The van der Waals surface area contributed by atoms with Gasteiger partial charge < -0.3 is 14.8 Å². The fourth-order valence-corrected chi connectivity index (χ4v) is 4.44. The molecule has 3 N–H and O–H groups in total. The number of nitrogens with one attached hydrogen (secondary N) is 2. The van der Waals surface area contributed by atoms with E-state index in [1.54, 1.807) is 23.4 Å². The topological polar surface area (TPSA) is 110 Å². The van der Waals surface area contributed by atoms with Crippen molar-refractivity contribution in [1.82, 2.24) is 15.8 Å². The molecule has 0 spiro atoms. The molecular formula is C24H31N3O5S. The fourth-order valence-electron chi connectivity index (χ4n) is 3.56. The van der Waals surface area contributed by atoms with Crippen LogP contribution in [0.1, 0.15) is 56.6 Å². The lowest BCUT2D eigenvalue weighted by Gasteiger charge is -2.36. The lowest BCUT2D eigenvalue weighted by atomic mass is 10.0. The summed E-state index contributed by atoms with van der Waals surface area (Å²) >= 11 is 1.62. The number of hydrogen-bond acceptors (Lipinski definition) is 7. The van der Waals surface area contributed by atoms with Gasteiger partial charge in [0.1, 0.15) is 0 Å². The first-order chi connectivity index (χ1) is 16.1. The van der Waals surface area contributed by atoms with Crippen LogP contribution in [0.15, 0.2) is 59.8 Å². The molecule has 0 bridgehead atoms. The maximum absolute atomic E-state index is 12.4. The minimum Gasteiger partial charge on any atom is -0.331 e. The molecular weight excluding hydrogens is 442 g/mol. The predicted molar refractivity (Wildman–Crippen MR) is 124 cm³/mol. The largest absolute Gasteiger partial charge is 0.331 e. The van der Waals surface area contributed by atoms with Gasteiger partial charge in [-0.2, -0.15) is 0 Å². The van der Waals surface area contributed by atoms with Crippen LogP contribution in [0.4, 0.5) is 0 Å². The SMILES string of the molecule is O=C(CCCCCCC(=O)NC1OC(CSc2ccccn2)CC(c2ccccc2)O1)NO. The van der Waals surface area contributed by atoms with E-state index in [-0.39, 0.29) is 30.4 Å². The number of nitrogens with zero attached hydrogens (tertiary/aromatic N) is 1. The Bertz CT molecular complexity index is 856. The summed E-state index contributed by atoms with van der Waals surface area (Å²) in [6.07, 6.45) is 5.06. The average molecular weight is 474 g/mol. The highest BCUT2D eigenvalue weighted by atomic mass is 32.2. The first kappa shape index (κ1) is 25.2. The first-order valence-corrected chi connectivity index (χ1v) is 12.2. The smallest absolute Gasteiger partial charge is 0.243 e. The molecule has 3 atom stereocenters. The van der Waals surface area contributed by atoms with Crippen LogP contribution in [0.5, 0.6) is 0 Å². The van der Waals surface area contributed by atoms with E-state index in [4.69, 9.17) is 14.7 Å². The Labute approximate surface area is 198 Å². The van der Waals surface area contributed by atoms with Gasteiger partial charge in [0.2, 0.25) is 18.2 Å². The van der Waals surface area contributed by atoms with E-state index < -0.39 is 6.41 Å². The highest BCUT2D eigenvalue weighted by molar-refractivity contribution is 7.99. The Hall–Kier alpha value is -2.46. The summed E-state index contributed by atoms with van der Waals surface area (Å²) in [7, 11) is 0. The predicted octanol–water partition coefficient (Wildman–Crippen LogP) is 3.97. The van der Waals surface area contributed by atoms with Gasteiger partial charge in [-0.1, -0.05) is 49.2 Å². The lowest BCUT2D eigenvalue weighted by molar-refractivity contribution is -0.251. The van der Waals surface area contributed by atoms with Crippen LogP contribution in [0.25, 0.3) is 0 Å². The number of carbonyl (C=O) groups is 2. The van der Waals surface area contributed by atoms with Crippen molar-refractivity contribution in [2.45, 2.75) is 68.6 Å². The number of ether oxygens (including phenoxy) is 2. The zero-order chi connectivity index (χ0) is 23.3. The Kier molecular flexibility index (Phi) is 10.6. The minimum absolute atomic E-state index is 0.0982. The van der Waals surface area contributed by atoms with Gasteiger partial charge in [0.25, 0.3) is 0 Å². The molecule has 1 aromatic heterocycles. The van der Waals surface area contributed by atoms with Crippen LogP contribution >= 0.6 is 11.8 Å². The third kappa shape index (κ3) is 9.13. The van der Waals surface area contributed by atoms with E-state index in [1.165, 1.54) is 0 Å². The van der Waals surface area contributed by atoms with Crippen molar-refractivity contribution in [3.8, 4) is 0 Å². The Morgan fingerprint density at radius 1 is 0.970 bits per heavy atom. The van der Waals surface area contributed by atoms with Gasteiger partial charge in [0.05, 0.1) is 17.2 Å². The number of rotatable bonds is 12.